The number of hydrogen-bond donors (Lipinski definition) is 2. The molecule has 0 aliphatic carbocycles. The van der Waals surface area contributed by atoms with Crippen LogP contribution in [0.3, 0.4) is 0 Å². The lowest BCUT2D eigenvalue weighted by Gasteiger charge is -2.07. The van der Waals surface area contributed by atoms with Crippen molar-refractivity contribution in [1.29, 1.82) is 0 Å². The van der Waals surface area contributed by atoms with Crippen LogP contribution >= 0.6 is 38.6 Å². The Bertz CT molecular complexity index is 664. The van der Waals surface area contributed by atoms with Crippen LogP contribution in [0, 0.1) is 0 Å². The largest absolute Gasteiger partial charge is 0.312 e. The minimum absolute atomic E-state index is 0.303. The van der Waals surface area contributed by atoms with Crippen molar-refractivity contribution in [3.63, 3.8) is 0 Å². The second-order valence-corrected chi connectivity index (χ2v) is 8.60. The smallest absolute Gasteiger partial charge is 0.242 e. The fraction of sp³-hybridized carbons (Fsp3) is 0.333. The van der Waals surface area contributed by atoms with E-state index < -0.39 is 10.0 Å². The average molecular weight is 395 g/mol. The van der Waals surface area contributed by atoms with Gasteiger partial charge in [0.1, 0.15) is 0 Å². The SMILES string of the molecule is CCNCc1sccc1S(=O)(=O)NCc1sccc1Br. The molecule has 0 bridgehead atoms. The zero-order chi connectivity index (χ0) is 14.6. The summed E-state index contributed by atoms with van der Waals surface area (Å²) in [6.45, 7) is 3.69. The molecule has 2 rings (SSSR count). The maximum Gasteiger partial charge on any atom is 0.242 e. The molecule has 0 unspecified atom stereocenters. The van der Waals surface area contributed by atoms with Gasteiger partial charge in [0.05, 0.1) is 4.90 Å². The maximum absolute atomic E-state index is 12.3. The van der Waals surface area contributed by atoms with Crippen LogP contribution in [-0.4, -0.2) is 15.0 Å². The van der Waals surface area contributed by atoms with E-state index in [-0.39, 0.29) is 0 Å². The molecule has 2 aromatic heterocycles. The molecule has 0 aromatic carbocycles. The van der Waals surface area contributed by atoms with E-state index in [0.717, 1.165) is 20.8 Å². The number of sulfonamides is 1. The highest BCUT2D eigenvalue weighted by Gasteiger charge is 2.19. The number of rotatable bonds is 7. The summed E-state index contributed by atoms with van der Waals surface area (Å²) in [5.41, 5.74) is 0. The topological polar surface area (TPSA) is 58.2 Å². The summed E-state index contributed by atoms with van der Waals surface area (Å²) in [7, 11) is -3.46. The van der Waals surface area contributed by atoms with E-state index in [0.29, 0.717) is 18.0 Å². The van der Waals surface area contributed by atoms with Crippen molar-refractivity contribution in [3.05, 3.63) is 37.1 Å². The number of halogens is 1. The number of thiophene rings is 2. The Hall–Kier alpha value is -0.250. The first-order valence-electron chi connectivity index (χ1n) is 6.03. The van der Waals surface area contributed by atoms with Gasteiger partial charge < -0.3 is 5.32 Å². The summed E-state index contributed by atoms with van der Waals surface area (Å²) < 4.78 is 28.3. The maximum atomic E-state index is 12.3. The van der Waals surface area contributed by atoms with E-state index in [1.54, 1.807) is 6.07 Å². The molecule has 0 aliphatic heterocycles. The predicted octanol–water partition coefficient (Wildman–Crippen LogP) is 3.16. The molecule has 0 saturated carbocycles. The first-order chi connectivity index (χ1) is 9.54. The summed E-state index contributed by atoms with van der Waals surface area (Å²) in [6.07, 6.45) is 0. The molecule has 2 heterocycles. The lowest BCUT2D eigenvalue weighted by molar-refractivity contribution is 0.580. The van der Waals surface area contributed by atoms with Crippen molar-refractivity contribution in [1.82, 2.24) is 10.0 Å². The molecular weight excluding hydrogens is 380 g/mol. The standard InChI is InChI=1S/C12H15BrN2O2S3/c1-2-14-7-11-12(4-6-19-11)20(16,17)15-8-10-9(13)3-5-18-10/h3-6,14-15H,2,7-8H2,1H3. The average Bonchev–Trinajstić information content (AvgIpc) is 3.03. The van der Waals surface area contributed by atoms with Crippen LogP contribution in [0.1, 0.15) is 16.7 Å². The van der Waals surface area contributed by atoms with Gasteiger partial charge in [-0.15, -0.1) is 22.7 Å². The minimum atomic E-state index is -3.46. The molecule has 0 spiro atoms. The Kier molecular flexibility index (Phi) is 5.76. The monoisotopic (exact) mass is 394 g/mol. The molecule has 0 radical (unpaired) electrons. The first kappa shape index (κ1) is 16.1. The van der Waals surface area contributed by atoms with Gasteiger partial charge in [-0.1, -0.05) is 6.92 Å². The summed E-state index contributed by atoms with van der Waals surface area (Å²) >= 11 is 6.38. The van der Waals surface area contributed by atoms with E-state index in [1.165, 1.54) is 22.7 Å². The van der Waals surface area contributed by atoms with Gasteiger partial charge in [0.25, 0.3) is 0 Å². The van der Waals surface area contributed by atoms with E-state index in [4.69, 9.17) is 0 Å². The van der Waals surface area contributed by atoms with Crippen LogP contribution in [0.2, 0.25) is 0 Å². The van der Waals surface area contributed by atoms with Crippen molar-refractivity contribution in [2.75, 3.05) is 6.54 Å². The Morgan fingerprint density at radius 2 is 1.85 bits per heavy atom. The lowest BCUT2D eigenvalue weighted by Crippen LogP contribution is -2.24. The third-order valence-corrected chi connectivity index (χ3v) is 7.11. The van der Waals surface area contributed by atoms with Gasteiger partial charge in [-0.3, -0.25) is 0 Å². The van der Waals surface area contributed by atoms with Crippen molar-refractivity contribution < 1.29 is 8.42 Å². The molecule has 0 saturated heterocycles. The second-order valence-electron chi connectivity index (χ2n) is 4.00. The summed E-state index contributed by atoms with van der Waals surface area (Å²) in [5, 5.41) is 6.89. The van der Waals surface area contributed by atoms with E-state index in [1.807, 2.05) is 23.8 Å². The van der Waals surface area contributed by atoms with Gasteiger partial charge in [0.15, 0.2) is 0 Å². The van der Waals surface area contributed by atoms with Crippen molar-refractivity contribution in [2.24, 2.45) is 0 Å². The van der Waals surface area contributed by atoms with Crippen molar-refractivity contribution >= 4 is 48.6 Å². The van der Waals surface area contributed by atoms with Gasteiger partial charge in [-0.05, 0) is 45.4 Å². The van der Waals surface area contributed by atoms with Gasteiger partial charge in [-0.2, -0.15) is 0 Å². The Morgan fingerprint density at radius 1 is 1.15 bits per heavy atom. The van der Waals surface area contributed by atoms with Gasteiger partial charge in [0, 0.05) is 27.3 Å². The lowest BCUT2D eigenvalue weighted by atomic mass is 10.4. The fourth-order valence-corrected chi connectivity index (χ4v) is 5.56. The Labute approximate surface area is 135 Å². The van der Waals surface area contributed by atoms with Crippen LogP contribution < -0.4 is 10.0 Å². The summed E-state index contributed by atoms with van der Waals surface area (Å²) in [6, 6.07) is 3.57. The van der Waals surface area contributed by atoms with E-state index in [9.17, 15) is 8.42 Å². The molecule has 110 valence electrons. The molecule has 0 atom stereocenters. The molecule has 2 N–H and O–H groups in total. The molecule has 4 nitrogen and oxygen atoms in total. The highest BCUT2D eigenvalue weighted by Crippen LogP contribution is 2.25. The van der Waals surface area contributed by atoms with Gasteiger partial charge >= 0.3 is 0 Å². The van der Waals surface area contributed by atoms with Crippen molar-refractivity contribution in [3.8, 4) is 0 Å². The molecule has 2 aromatic rings. The van der Waals surface area contributed by atoms with Gasteiger partial charge in [-0.25, -0.2) is 13.1 Å². The third-order valence-electron chi connectivity index (χ3n) is 2.64. The highest BCUT2D eigenvalue weighted by molar-refractivity contribution is 9.10. The van der Waals surface area contributed by atoms with Gasteiger partial charge in [0.2, 0.25) is 10.0 Å². The zero-order valence-corrected chi connectivity index (χ0v) is 14.9. The van der Waals surface area contributed by atoms with Crippen LogP contribution in [0.25, 0.3) is 0 Å². The van der Waals surface area contributed by atoms with Crippen LogP contribution in [0.15, 0.2) is 32.3 Å². The Balaban J connectivity index is 2.10. The van der Waals surface area contributed by atoms with Crippen LogP contribution in [-0.2, 0) is 23.1 Å². The molecule has 8 heteroatoms. The normalized spacial score (nSPS) is 11.9. The minimum Gasteiger partial charge on any atom is -0.312 e. The zero-order valence-electron chi connectivity index (χ0n) is 10.8. The van der Waals surface area contributed by atoms with Crippen molar-refractivity contribution in [2.45, 2.75) is 24.9 Å². The fourth-order valence-electron chi connectivity index (χ4n) is 1.63. The number of nitrogens with one attached hydrogen (secondary N) is 2. The second kappa shape index (κ2) is 7.15. The van der Waals surface area contributed by atoms with Crippen LogP contribution in [0.5, 0.6) is 0 Å². The number of hydrogen-bond acceptors (Lipinski definition) is 5. The van der Waals surface area contributed by atoms with Crippen LogP contribution in [0.4, 0.5) is 0 Å². The molecule has 20 heavy (non-hydrogen) atoms. The highest BCUT2D eigenvalue weighted by atomic mass is 79.9. The summed E-state index contributed by atoms with van der Waals surface area (Å²) in [5.74, 6) is 0. The van der Waals surface area contributed by atoms with E-state index in [2.05, 4.69) is 26.0 Å². The summed E-state index contributed by atoms with van der Waals surface area (Å²) in [4.78, 5) is 2.18. The Morgan fingerprint density at radius 3 is 2.50 bits per heavy atom. The molecule has 0 fully saturated rings. The third kappa shape index (κ3) is 3.90. The first-order valence-corrected chi connectivity index (χ1v) is 10.1. The molecule has 0 aliphatic rings. The molecule has 0 amide bonds. The quantitative estimate of drug-likeness (QED) is 0.757. The van der Waals surface area contributed by atoms with E-state index >= 15 is 0 Å². The molecular formula is C12H15BrN2O2S3. The predicted molar refractivity (Wildman–Crippen MR) is 87.7 cm³/mol.